The lowest BCUT2D eigenvalue weighted by atomic mass is 10.1. The summed E-state index contributed by atoms with van der Waals surface area (Å²) in [5.74, 6) is 1.52. The monoisotopic (exact) mass is 516 g/mol. The Bertz CT molecular complexity index is 674. The van der Waals surface area contributed by atoms with Gasteiger partial charge in [0.25, 0.3) is 0 Å². The number of benzene rings is 1. The van der Waals surface area contributed by atoms with Crippen LogP contribution >= 0.6 is 24.0 Å². The van der Waals surface area contributed by atoms with Gasteiger partial charge in [0.2, 0.25) is 5.91 Å². The standard InChI is InChI=1S/C20H32N6O2.HI/c1-24(2)19(27)14-23-20(21-12-16-4-6-18(28-3)7-5-16)22-13-17-15-25-8-10-26(17)11-9-25;/h4-7,17H,8-15H2,1-3H3,(H2,21,22,23);1H. The number of carbonyl (C=O) groups is 1. The second-order valence-electron chi connectivity index (χ2n) is 7.53. The van der Waals surface area contributed by atoms with Gasteiger partial charge in [-0.2, -0.15) is 0 Å². The SMILES string of the molecule is COc1ccc(CN=C(NCC(=O)N(C)C)NCC2CN3CCN2CC3)cc1.I. The molecule has 0 aromatic heterocycles. The van der Waals surface area contributed by atoms with E-state index in [1.54, 1.807) is 26.1 Å². The molecule has 0 spiro atoms. The second-order valence-corrected chi connectivity index (χ2v) is 7.53. The number of halogens is 1. The van der Waals surface area contributed by atoms with Crippen molar-refractivity contribution in [3.05, 3.63) is 29.8 Å². The summed E-state index contributed by atoms with van der Waals surface area (Å²) in [6.45, 7) is 7.29. The van der Waals surface area contributed by atoms with Gasteiger partial charge >= 0.3 is 0 Å². The third-order valence-corrected chi connectivity index (χ3v) is 5.38. The second kappa shape index (κ2) is 11.6. The van der Waals surface area contributed by atoms with E-state index in [1.165, 1.54) is 13.1 Å². The van der Waals surface area contributed by atoms with E-state index in [0.29, 0.717) is 18.5 Å². The number of piperazine rings is 3. The lowest BCUT2D eigenvalue weighted by molar-refractivity contribution is -0.127. The van der Waals surface area contributed by atoms with Gasteiger partial charge in [0.1, 0.15) is 5.75 Å². The highest BCUT2D eigenvalue weighted by atomic mass is 127. The minimum absolute atomic E-state index is 0. The van der Waals surface area contributed by atoms with Gasteiger partial charge in [-0.3, -0.25) is 14.6 Å². The van der Waals surface area contributed by atoms with Crippen LogP contribution in [0.1, 0.15) is 5.56 Å². The van der Waals surface area contributed by atoms with Crippen LogP contribution in [0.5, 0.6) is 5.75 Å². The summed E-state index contributed by atoms with van der Waals surface area (Å²) in [5, 5.41) is 6.60. The van der Waals surface area contributed by atoms with Crippen LogP contribution in [0, 0.1) is 0 Å². The molecule has 1 aromatic carbocycles. The molecule has 9 heteroatoms. The summed E-state index contributed by atoms with van der Waals surface area (Å²) in [5.41, 5.74) is 1.09. The van der Waals surface area contributed by atoms with E-state index in [-0.39, 0.29) is 36.4 Å². The first-order chi connectivity index (χ1) is 13.5. The van der Waals surface area contributed by atoms with Crippen molar-refractivity contribution >= 4 is 35.8 Å². The molecule has 4 rings (SSSR count). The highest BCUT2D eigenvalue weighted by molar-refractivity contribution is 14.0. The fraction of sp³-hybridized carbons (Fsp3) is 0.600. The molecule has 162 valence electrons. The molecular formula is C20H33IN6O2. The van der Waals surface area contributed by atoms with Gasteiger partial charge in [0.15, 0.2) is 5.96 Å². The summed E-state index contributed by atoms with van der Waals surface area (Å²) in [4.78, 5) is 23.3. The fourth-order valence-electron chi connectivity index (χ4n) is 3.53. The number of carbonyl (C=O) groups excluding carboxylic acids is 1. The number of aliphatic imine (C=N–C) groups is 1. The fourth-order valence-corrected chi connectivity index (χ4v) is 3.53. The molecule has 1 aromatic rings. The van der Waals surface area contributed by atoms with Crippen molar-refractivity contribution in [2.45, 2.75) is 12.6 Å². The van der Waals surface area contributed by atoms with E-state index in [9.17, 15) is 4.79 Å². The van der Waals surface area contributed by atoms with Crippen molar-refractivity contribution in [3.63, 3.8) is 0 Å². The molecule has 29 heavy (non-hydrogen) atoms. The maximum absolute atomic E-state index is 12.0. The summed E-state index contributed by atoms with van der Waals surface area (Å²) in [7, 11) is 5.17. The number of likely N-dealkylation sites (N-methyl/N-ethyl adjacent to an activating group) is 1. The van der Waals surface area contributed by atoms with Crippen molar-refractivity contribution in [1.82, 2.24) is 25.3 Å². The molecule has 8 nitrogen and oxygen atoms in total. The van der Waals surface area contributed by atoms with Gasteiger partial charge in [-0.25, -0.2) is 4.99 Å². The predicted molar refractivity (Wildman–Crippen MR) is 126 cm³/mol. The first-order valence-corrected chi connectivity index (χ1v) is 9.87. The summed E-state index contributed by atoms with van der Waals surface area (Å²) < 4.78 is 5.20. The van der Waals surface area contributed by atoms with Crippen molar-refractivity contribution in [3.8, 4) is 5.75 Å². The first-order valence-electron chi connectivity index (χ1n) is 9.87. The average Bonchev–Trinajstić information content (AvgIpc) is 2.74. The number of amides is 1. The Morgan fingerprint density at radius 2 is 1.86 bits per heavy atom. The summed E-state index contributed by atoms with van der Waals surface area (Å²) in [6, 6.07) is 8.36. The smallest absolute Gasteiger partial charge is 0.241 e. The van der Waals surface area contributed by atoms with Gasteiger partial charge < -0.3 is 20.3 Å². The number of hydrogen-bond acceptors (Lipinski definition) is 5. The maximum atomic E-state index is 12.0. The third kappa shape index (κ3) is 7.00. The Hall–Kier alpha value is -1.59. The largest absolute Gasteiger partial charge is 0.497 e. The number of ether oxygens (including phenoxy) is 1. The number of nitrogens with zero attached hydrogens (tertiary/aromatic N) is 4. The molecule has 3 saturated heterocycles. The van der Waals surface area contributed by atoms with Gasteiger partial charge in [0, 0.05) is 59.4 Å². The van der Waals surface area contributed by atoms with E-state index in [1.807, 2.05) is 24.3 Å². The van der Waals surface area contributed by atoms with Gasteiger partial charge in [-0.05, 0) is 17.7 Å². The average molecular weight is 516 g/mol. The van der Waals surface area contributed by atoms with Crippen LogP contribution in [-0.4, -0.2) is 99.6 Å². The van der Waals surface area contributed by atoms with Crippen LogP contribution in [0.4, 0.5) is 0 Å². The minimum Gasteiger partial charge on any atom is -0.497 e. The van der Waals surface area contributed by atoms with Crippen LogP contribution in [0.3, 0.4) is 0 Å². The highest BCUT2D eigenvalue weighted by Gasteiger charge is 2.31. The zero-order valence-corrected chi connectivity index (χ0v) is 19.9. The number of hydrogen-bond donors (Lipinski definition) is 2. The molecule has 3 aliphatic heterocycles. The van der Waals surface area contributed by atoms with Crippen LogP contribution < -0.4 is 15.4 Å². The molecule has 0 radical (unpaired) electrons. The van der Waals surface area contributed by atoms with Gasteiger partial charge in [0.05, 0.1) is 20.2 Å². The van der Waals surface area contributed by atoms with Crippen LogP contribution in [0.2, 0.25) is 0 Å². The Morgan fingerprint density at radius 3 is 2.41 bits per heavy atom. The third-order valence-electron chi connectivity index (χ3n) is 5.38. The first kappa shape index (κ1) is 23.7. The quantitative estimate of drug-likeness (QED) is 0.312. The van der Waals surface area contributed by atoms with Crippen LogP contribution in [0.25, 0.3) is 0 Å². The lowest BCUT2D eigenvalue weighted by Crippen LogP contribution is -2.64. The van der Waals surface area contributed by atoms with Crippen molar-refractivity contribution in [1.29, 1.82) is 0 Å². The molecule has 3 heterocycles. The molecule has 0 saturated carbocycles. The predicted octanol–water partition coefficient (Wildman–Crippen LogP) is 0.436. The van der Waals surface area contributed by atoms with Gasteiger partial charge in [-0.1, -0.05) is 12.1 Å². The number of fused-ring (bicyclic) bond motifs is 3. The number of nitrogens with one attached hydrogen (secondary N) is 2. The minimum atomic E-state index is 0. The zero-order chi connectivity index (χ0) is 19.9. The van der Waals surface area contributed by atoms with Crippen molar-refractivity contribution in [2.75, 3.05) is 67.0 Å². The molecule has 3 aliphatic rings. The molecule has 0 aliphatic carbocycles. The van der Waals surface area contributed by atoms with Crippen molar-refractivity contribution in [2.24, 2.45) is 4.99 Å². The summed E-state index contributed by atoms with van der Waals surface area (Å²) in [6.07, 6.45) is 0. The molecule has 1 atom stereocenters. The van der Waals surface area contributed by atoms with E-state index in [0.717, 1.165) is 37.5 Å². The lowest BCUT2D eigenvalue weighted by Gasteiger charge is -2.47. The van der Waals surface area contributed by atoms with Gasteiger partial charge in [-0.15, -0.1) is 24.0 Å². The van der Waals surface area contributed by atoms with Crippen molar-refractivity contribution < 1.29 is 9.53 Å². The Kier molecular flexibility index (Phi) is 9.44. The van der Waals surface area contributed by atoms with E-state index in [2.05, 4.69) is 25.4 Å². The number of rotatable bonds is 7. The molecule has 1 unspecified atom stereocenters. The van der Waals surface area contributed by atoms with E-state index >= 15 is 0 Å². The Morgan fingerprint density at radius 1 is 1.17 bits per heavy atom. The number of methoxy groups -OCH3 is 1. The molecule has 2 bridgehead atoms. The molecule has 1 amide bonds. The molecule has 2 N–H and O–H groups in total. The Balaban J connectivity index is 0.00000300. The highest BCUT2D eigenvalue weighted by Crippen LogP contribution is 2.15. The molecular weight excluding hydrogens is 483 g/mol. The zero-order valence-electron chi connectivity index (χ0n) is 17.6. The number of guanidine groups is 1. The van der Waals surface area contributed by atoms with E-state index in [4.69, 9.17) is 4.74 Å². The van der Waals surface area contributed by atoms with Crippen LogP contribution in [0.15, 0.2) is 29.3 Å². The maximum Gasteiger partial charge on any atom is 0.241 e. The summed E-state index contributed by atoms with van der Waals surface area (Å²) >= 11 is 0. The van der Waals surface area contributed by atoms with E-state index < -0.39 is 0 Å². The normalized spacial score (nSPS) is 23.1. The topological polar surface area (TPSA) is 72.4 Å². The Labute approximate surface area is 190 Å². The molecule has 3 fully saturated rings. The van der Waals surface area contributed by atoms with Crippen LogP contribution in [-0.2, 0) is 11.3 Å².